The Morgan fingerprint density at radius 1 is 1.61 bits per heavy atom. The van der Waals surface area contributed by atoms with Crippen molar-refractivity contribution in [2.24, 2.45) is 0 Å². The highest BCUT2D eigenvalue weighted by Gasteiger charge is 2.31. The third-order valence-electron chi connectivity index (χ3n) is 2.01. The molecular weight excluding hydrogens is 272 g/mol. The summed E-state index contributed by atoms with van der Waals surface area (Å²) in [5, 5.41) is 0. The van der Waals surface area contributed by atoms with Crippen molar-refractivity contribution >= 4 is 16.0 Å². The maximum atomic E-state index is 12.2. The lowest BCUT2D eigenvalue weighted by molar-refractivity contribution is -0.142. The Balaban J connectivity index is 2.83. The third-order valence-corrected chi connectivity index (χ3v) is 3.09. The van der Waals surface area contributed by atoms with Crippen molar-refractivity contribution in [1.82, 2.24) is 14.7 Å². The van der Waals surface area contributed by atoms with Gasteiger partial charge in [0.05, 0.1) is 13.4 Å². The van der Waals surface area contributed by atoms with Crippen LogP contribution < -0.4 is 4.72 Å². The number of aromatic nitrogens is 2. The van der Waals surface area contributed by atoms with E-state index in [1.54, 1.807) is 4.72 Å². The zero-order valence-corrected chi connectivity index (χ0v) is 10.1. The zero-order chi connectivity index (χ0) is 13.8. The van der Waals surface area contributed by atoms with Gasteiger partial charge in [-0.3, -0.25) is 4.79 Å². The van der Waals surface area contributed by atoms with E-state index >= 15 is 0 Å². The van der Waals surface area contributed by atoms with Crippen LogP contribution in [0.25, 0.3) is 0 Å². The standard InChI is InChI=1S/C8H11F2N3O4S/c1-17-7(14)6(2-5-3-11-4-12-5)13-18(15,16)8(9)10/h3-4,6,8,13H,2H2,1H3,(H,11,12)/t6-/m0/s1. The monoisotopic (exact) mass is 283 g/mol. The van der Waals surface area contributed by atoms with Gasteiger partial charge >= 0.3 is 11.7 Å². The number of methoxy groups -OCH3 is 1. The lowest BCUT2D eigenvalue weighted by Crippen LogP contribution is -2.45. The van der Waals surface area contributed by atoms with Crippen molar-refractivity contribution in [3.63, 3.8) is 0 Å². The van der Waals surface area contributed by atoms with Crippen LogP contribution in [-0.2, 0) is 26.0 Å². The molecule has 1 aromatic rings. The molecule has 18 heavy (non-hydrogen) atoms. The quantitative estimate of drug-likeness (QED) is 0.694. The number of imidazole rings is 1. The van der Waals surface area contributed by atoms with Gasteiger partial charge in [0.2, 0.25) is 0 Å². The van der Waals surface area contributed by atoms with Gasteiger partial charge in [-0.05, 0) is 0 Å². The summed E-state index contributed by atoms with van der Waals surface area (Å²) in [6.07, 6.45) is 2.48. The summed E-state index contributed by atoms with van der Waals surface area (Å²) in [6.45, 7) is 0. The lowest BCUT2D eigenvalue weighted by atomic mass is 10.2. The molecule has 0 radical (unpaired) electrons. The number of carbonyl (C=O) groups is 1. The molecule has 1 heterocycles. The minimum Gasteiger partial charge on any atom is -0.468 e. The average Bonchev–Trinajstić information content (AvgIpc) is 2.79. The van der Waals surface area contributed by atoms with E-state index in [2.05, 4.69) is 14.7 Å². The fourth-order valence-corrected chi connectivity index (χ4v) is 1.86. The maximum absolute atomic E-state index is 12.2. The number of aromatic amines is 1. The van der Waals surface area contributed by atoms with E-state index in [9.17, 15) is 22.0 Å². The lowest BCUT2D eigenvalue weighted by Gasteiger charge is -2.15. The SMILES string of the molecule is COC(=O)[C@H](Cc1cnc[nH]1)NS(=O)(=O)C(F)F. The normalized spacial score (nSPS) is 13.6. The first kappa shape index (κ1) is 14.5. The van der Waals surface area contributed by atoms with Crippen LogP contribution in [0.2, 0.25) is 0 Å². The third kappa shape index (κ3) is 3.74. The minimum absolute atomic E-state index is 0.168. The first-order chi connectivity index (χ1) is 8.36. The van der Waals surface area contributed by atoms with Crippen LogP contribution in [-0.4, -0.2) is 43.3 Å². The van der Waals surface area contributed by atoms with Crippen molar-refractivity contribution in [3.8, 4) is 0 Å². The Morgan fingerprint density at radius 2 is 2.28 bits per heavy atom. The number of ether oxygens (including phenoxy) is 1. The van der Waals surface area contributed by atoms with Crippen molar-refractivity contribution in [2.45, 2.75) is 18.2 Å². The summed E-state index contributed by atoms with van der Waals surface area (Å²) in [5.41, 5.74) is 0.405. The average molecular weight is 283 g/mol. The second-order valence-corrected chi connectivity index (χ2v) is 4.96. The van der Waals surface area contributed by atoms with E-state index in [4.69, 9.17) is 0 Å². The van der Waals surface area contributed by atoms with Gasteiger partial charge in [0.25, 0.3) is 10.0 Å². The number of hydrogen-bond donors (Lipinski definition) is 2. The summed E-state index contributed by atoms with van der Waals surface area (Å²) < 4.78 is 52.3. The predicted molar refractivity (Wildman–Crippen MR) is 56.2 cm³/mol. The first-order valence-corrected chi connectivity index (χ1v) is 6.26. The number of halogens is 2. The van der Waals surface area contributed by atoms with E-state index in [0.29, 0.717) is 5.69 Å². The van der Waals surface area contributed by atoms with Crippen LogP contribution in [0, 0.1) is 0 Å². The molecule has 2 N–H and O–H groups in total. The maximum Gasteiger partial charge on any atom is 0.350 e. The molecule has 0 saturated carbocycles. The van der Waals surface area contributed by atoms with Gasteiger partial charge < -0.3 is 9.72 Å². The molecule has 1 rings (SSSR count). The molecule has 0 saturated heterocycles. The topological polar surface area (TPSA) is 101 Å². The summed E-state index contributed by atoms with van der Waals surface area (Å²) in [4.78, 5) is 17.6. The van der Waals surface area contributed by atoms with E-state index in [0.717, 1.165) is 7.11 Å². The predicted octanol–water partition coefficient (Wildman–Crippen LogP) is -0.364. The highest BCUT2D eigenvalue weighted by atomic mass is 32.2. The van der Waals surface area contributed by atoms with Crippen LogP contribution in [0.4, 0.5) is 8.78 Å². The number of esters is 1. The number of alkyl halides is 2. The van der Waals surface area contributed by atoms with E-state index in [-0.39, 0.29) is 6.42 Å². The number of nitrogens with one attached hydrogen (secondary N) is 2. The molecule has 0 fully saturated rings. The number of carbonyl (C=O) groups excluding carboxylic acids is 1. The molecule has 0 aliphatic heterocycles. The molecule has 1 atom stereocenters. The van der Waals surface area contributed by atoms with Gasteiger partial charge in [0, 0.05) is 18.3 Å². The molecule has 0 spiro atoms. The first-order valence-electron chi connectivity index (χ1n) is 4.71. The Labute approximate surface area is 102 Å². The summed E-state index contributed by atoms with van der Waals surface area (Å²) in [7, 11) is -3.85. The zero-order valence-electron chi connectivity index (χ0n) is 9.26. The van der Waals surface area contributed by atoms with Gasteiger partial charge in [-0.25, -0.2) is 13.4 Å². The molecular formula is C8H11F2N3O4S. The van der Waals surface area contributed by atoms with Crippen LogP contribution in [0.15, 0.2) is 12.5 Å². The number of hydrogen-bond acceptors (Lipinski definition) is 5. The van der Waals surface area contributed by atoms with Crippen molar-refractivity contribution in [2.75, 3.05) is 7.11 Å². The number of H-pyrrole nitrogens is 1. The molecule has 0 amide bonds. The second-order valence-electron chi connectivity index (χ2n) is 3.28. The van der Waals surface area contributed by atoms with Crippen LogP contribution in [0.5, 0.6) is 0 Å². The molecule has 0 aliphatic rings. The van der Waals surface area contributed by atoms with Crippen LogP contribution >= 0.6 is 0 Å². The van der Waals surface area contributed by atoms with Gasteiger partial charge in [-0.2, -0.15) is 13.5 Å². The van der Waals surface area contributed by atoms with Crippen molar-refractivity contribution in [1.29, 1.82) is 0 Å². The number of rotatable bonds is 6. The fraction of sp³-hybridized carbons (Fsp3) is 0.500. The Bertz CT molecular complexity index is 488. The van der Waals surface area contributed by atoms with E-state index in [1.165, 1.54) is 12.5 Å². The van der Waals surface area contributed by atoms with Gasteiger partial charge in [-0.1, -0.05) is 0 Å². The van der Waals surface area contributed by atoms with Crippen LogP contribution in [0.1, 0.15) is 5.69 Å². The van der Waals surface area contributed by atoms with E-state index in [1.807, 2.05) is 0 Å². The Morgan fingerprint density at radius 3 is 2.72 bits per heavy atom. The highest BCUT2D eigenvalue weighted by molar-refractivity contribution is 7.89. The largest absolute Gasteiger partial charge is 0.468 e. The second kappa shape index (κ2) is 5.87. The molecule has 7 nitrogen and oxygen atoms in total. The molecule has 102 valence electrons. The van der Waals surface area contributed by atoms with Gasteiger partial charge in [0.15, 0.2) is 0 Å². The smallest absolute Gasteiger partial charge is 0.350 e. The van der Waals surface area contributed by atoms with Crippen molar-refractivity contribution in [3.05, 3.63) is 18.2 Å². The van der Waals surface area contributed by atoms with E-state index < -0.39 is 27.8 Å². The molecule has 0 bridgehead atoms. The molecule has 0 aliphatic carbocycles. The highest BCUT2D eigenvalue weighted by Crippen LogP contribution is 2.07. The summed E-state index contributed by atoms with van der Waals surface area (Å²) in [5.74, 6) is -4.58. The number of sulfonamides is 1. The molecule has 1 aromatic heterocycles. The number of nitrogens with zero attached hydrogens (tertiary/aromatic N) is 1. The van der Waals surface area contributed by atoms with Crippen LogP contribution in [0.3, 0.4) is 0 Å². The molecule has 0 unspecified atom stereocenters. The summed E-state index contributed by atoms with van der Waals surface area (Å²) >= 11 is 0. The fourth-order valence-electron chi connectivity index (χ4n) is 1.18. The summed E-state index contributed by atoms with van der Waals surface area (Å²) in [6, 6.07) is -1.44. The van der Waals surface area contributed by atoms with Gasteiger partial charge in [0.1, 0.15) is 6.04 Å². The molecule has 10 heteroatoms. The Hall–Kier alpha value is -1.55. The molecule has 0 aromatic carbocycles. The van der Waals surface area contributed by atoms with Gasteiger partial charge in [-0.15, -0.1) is 0 Å². The van der Waals surface area contributed by atoms with Crippen molar-refractivity contribution < 1.29 is 26.7 Å². The minimum atomic E-state index is -4.87. The Kier molecular flexibility index (Phi) is 4.73.